The minimum Gasteiger partial charge on any atom is -0.465 e. The molecule has 7 nitrogen and oxygen atoms in total. The molecule has 3 heterocycles. The van der Waals surface area contributed by atoms with Crippen LogP contribution in [0.25, 0.3) is 0 Å². The summed E-state index contributed by atoms with van der Waals surface area (Å²) in [5.74, 6) is 0.777. The molecule has 2 saturated heterocycles. The number of carbonyl (C=O) groups excluding carboxylic acids is 2. The number of rotatable bonds is 6. The van der Waals surface area contributed by atoms with Gasteiger partial charge in [0.05, 0.1) is 30.6 Å². The van der Waals surface area contributed by atoms with Crippen molar-refractivity contribution < 1.29 is 14.3 Å². The maximum Gasteiger partial charge on any atom is 0.339 e. The first kappa shape index (κ1) is 18.9. The predicted octanol–water partition coefficient (Wildman–Crippen LogP) is 1.72. The molecule has 2 aliphatic heterocycles. The lowest BCUT2D eigenvalue weighted by Gasteiger charge is -2.37. The Morgan fingerprint density at radius 2 is 2.08 bits per heavy atom. The van der Waals surface area contributed by atoms with Crippen molar-refractivity contribution in [2.45, 2.75) is 43.7 Å². The van der Waals surface area contributed by atoms with E-state index in [0.717, 1.165) is 49.5 Å². The standard InChI is InChI=1S/C18H24N4O3.ClH/c1-25-16(23)14-5-4-13(22-15(14)12-2-3-12)9-19-17(24)20-10-18-6-11(7-18)8-21-18;/h4-5,11-12,21H,2-3,6-10H2,1H3,(H2,19,20,24);1H. The lowest BCUT2D eigenvalue weighted by Crippen LogP contribution is -2.53. The molecule has 8 heteroatoms. The highest BCUT2D eigenvalue weighted by Gasteiger charge is 2.49. The first-order valence-electron chi connectivity index (χ1n) is 8.93. The van der Waals surface area contributed by atoms with Gasteiger partial charge in [-0.1, -0.05) is 0 Å². The summed E-state index contributed by atoms with van der Waals surface area (Å²) in [6, 6.07) is 3.34. The van der Waals surface area contributed by atoms with Crippen LogP contribution in [0.1, 0.15) is 53.3 Å². The van der Waals surface area contributed by atoms with Gasteiger partial charge in [0.2, 0.25) is 0 Å². The van der Waals surface area contributed by atoms with Gasteiger partial charge in [0, 0.05) is 18.0 Å². The number of urea groups is 1. The summed E-state index contributed by atoms with van der Waals surface area (Å²) in [7, 11) is 1.38. The van der Waals surface area contributed by atoms with Crippen LogP contribution in [0.5, 0.6) is 0 Å². The van der Waals surface area contributed by atoms with E-state index in [2.05, 4.69) is 20.9 Å². The highest BCUT2D eigenvalue weighted by atomic mass is 35.5. The third-order valence-corrected chi connectivity index (χ3v) is 5.49. The van der Waals surface area contributed by atoms with Crippen LogP contribution in [-0.4, -0.2) is 42.7 Å². The minimum absolute atomic E-state index is 0. The van der Waals surface area contributed by atoms with Crippen LogP contribution in [0.15, 0.2) is 12.1 Å². The Morgan fingerprint density at radius 1 is 1.31 bits per heavy atom. The summed E-state index contributed by atoms with van der Waals surface area (Å²) in [5.41, 5.74) is 2.21. The van der Waals surface area contributed by atoms with E-state index in [-0.39, 0.29) is 29.9 Å². The van der Waals surface area contributed by atoms with Crippen LogP contribution < -0.4 is 16.0 Å². The Bertz CT molecular complexity index is 696. The Balaban J connectivity index is 0.00000196. The van der Waals surface area contributed by atoms with E-state index in [0.29, 0.717) is 24.6 Å². The number of nitrogens with one attached hydrogen (secondary N) is 3. The SMILES string of the molecule is COC(=O)c1ccc(CNC(=O)NCC23CC(CN2)C3)nc1C1CC1.Cl. The second kappa shape index (κ2) is 7.40. The molecule has 0 atom stereocenters. The van der Waals surface area contributed by atoms with Gasteiger partial charge in [-0.15, -0.1) is 12.4 Å². The van der Waals surface area contributed by atoms with E-state index < -0.39 is 0 Å². The molecule has 5 rings (SSSR count). The maximum atomic E-state index is 12.0. The summed E-state index contributed by atoms with van der Waals surface area (Å²) < 4.78 is 4.82. The van der Waals surface area contributed by atoms with Crippen molar-refractivity contribution in [1.29, 1.82) is 0 Å². The fourth-order valence-corrected chi connectivity index (χ4v) is 3.95. The monoisotopic (exact) mass is 380 g/mol. The van der Waals surface area contributed by atoms with E-state index in [9.17, 15) is 9.59 Å². The molecule has 0 radical (unpaired) electrons. The van der Waals surface area contributed by atoms with E-state index in [1.165, 1.54) is 7.11 Å². The molecule has 1 aromatic rings. The van der Waals surface area contributed by atoms with Gasteiger partial charge in [-0.3, -0.25) is 4.98 Å². The average Bonchev–Trinajstić information content (AvgIpc) is 3.26. The molecular weight excluding hydrogens is 356 g/mol. The van der Waals surface area contributed by atoms with Crippen LogP contribution in [0.3, 0.4) is 0 Å². The number of hydrogen-bond donors (Lipinski definition) is 3. The van der Waals surface area contributed by atoms with E-state index in [1.54, 1.807) is 12.1 Å². The zero-order valence-corrected chi connectivity index (χ0v) is 15.7. The van der Waals surface area contributed by atoms with Crippen molar-refractivity contribution in [2.24, 2.45) is 5.92 Å². The zero-order chi connectivity index (χ0) is 17.4. The third kappa shape index (κ3) is 3.78. The number of pyridine rings is 1. The average molecular weight is 381 g/mol. The van der Waals surface area contributed by atoms with Gasteiger partial charge in [-0.05, 0) is 50.3 Å². The first-order valence-corrected chi connectivity index (χ1v) is 8.93. The minimum atomic E-state index is -0.353. The molecule has 4 aliphatic rings. The van der Waals surface area contributed by atoms with Crippen molar-refractivity contribution >= 4 is 24.4 Å². The number of hydrogen-bond acceptors (Lipinski definition) is 5. The van der Waals surface area contributed by atoms with E-state index in [4.69, 9.17) is 4.74 Å². The number of carbonyl (C=O) groups is 2. The normalized spacial score (nSPS) is 25.7. The van der Waals surface area contributed by atoms with Crippen molar-refractivity contribution in [3.05, 3.63) is 29.1 Å². The largest absolute Gasteiger partial charge is 0.465 e. The van der Waals surface area contributed by atoms with Gasteiger partial charge < -0.3 is 20.7 Å². The Kier molecular flexibility index (Phi) is 5.39. The second-order valence-corrected chi connectivity index (χ2v) is 7.47. The summed E-state index contributed by atoms with van der Waals surface area (Å²) in [6.45, 7) is 2.08. The molecule has 3 N–H and O–H groups in total. The quantitative estimate of drug-likeness (QED) is 0.653. The lowest BCUT2D eigenvalue weighted by atomic mass is 9.74. The van der Waals surface area contributed by atoms with Gasteiger partial charge in [0.25, 0.3) is 0 Å². The highest BCUT2D eigenvalue weighted by Crippen LogP contribution is 2.43. The topological polar surface area (TPSA) is 92.3 Å². The van der Waals surface area contributed by atoms with Gasteiger partial charge in [-0.2, -0.15) is 0 Å². The van der Waals surface area contributed by atoms with Gasteiger partial charge in [0.1, 0.15) is 0 Å². The van der Waals surface area contributed by atoms with Gasteiger partial charge in [-0.25, -0.2) is 9.59 Å². The number of nitrogens with zero attached hydrogens (tertiary/aromatic N) is 1. The molecule has 0 spiro atoms. The molecule has 2 amide bonds. The number of aromatic nitrogens is 1. The van der Waals surface area contributed by atoms with Gasteiger partial charge in [0.15, 0.2) is 0 Å². The number of fused-ring (bicyclic) bond motifs is 1. The first-order chi connectivity index (χ1) is 12.1. The molecule has 2 aliphatic carbocycles. The molecule has 4 fully saturated rings. The van der Waals surface area contributed by atoms with Gasteiger partial charge >= 0.3 is 12.0 Å². The van der Waals surface area contributed by atoms with Crippen LogP contribution >= 0.6 is 12.4 Å². The third-order valence-electron chi connectivity index (χ3n) is 5.49. The number of methoxy groups -OCH3 is 1. The number of ether oxygens (including phenoxy) is 1. The maximum absolute atomic E-state index is 12.0. The van der Waals surface area contributed by atoms with Crippen LogP contribution in [0, 0.1) is 5.92 Å². The molecular formula is C18H25ClN4O3. The highest BCUT2D eigenvalue weighted by molar-refractivity contribution is 5.90. The molecule has 1 aromatic heterocycles. The fraction of sp³-hybridized carbons (Fsp3) is 0.611. The van der Waals surface area contributed by atoms with Crippen molar-refractivity contribution in [1.82, 2.24) is 20.9 Å². The van der Waals surface area contributed by atoms with Crippen LogP contribution in [-0.2, 0) is 11.3 Å². The lowest BCUT2D eigenvalue weighted by molar-refractivity contribution is 0.0598. The summed E-state index contributed by atoms with van der Waals surface area (Å²) in [5, 5.41) is 9.28. The van der Waals surface area contributed by atoms with E-state index >= 15 is 0 Å². The Morgan fingerprint density at radius 3 is 2.69 bits per heavy atom. The number of amides is 2. The smallest absolute Gasteiger partial charge is 0.339 e. The van der Waals surface area contributed by atoms with Crippen molar-refractivity contribution in [3.8, 4) is 0 Å². The zero-order valence-electron chi connectivity index (χ0n) is 14.8. The van der Waals surface area contributed by atoms with Crippen LogP contribution in [0.4, 0.5) is 4.79 Å². The van der Waals surface area contributed by atoms with Crippen molar-refractivity contribution in [2.75, 3.05) is 20.2 Å². The molecule has 2 bridgehead atoms. The predicted molar refractivity (Wildman–Crippen MR) is 98.5 cm³/mol. The molecule has 0 unspecified atom stereocenters. The fourth-order valence-electron chi connectivity index (χ4n) is 3.95. The summed E-state index contributed by atoms with van der Waals surface area (Å²) in [4.78, 5) is 28.5. The van der Waals surface area contributed by atoms with Crippen LogP contribution in [0.2, 0.25) is 0 Å². The molecule has 26 heavy (non-hydrogen) atoms. The molecule has 0 aromatic carbocycles. The molecule has 142 valence electrons. The van der Waals surface area contributed by atoms with E-state index in [1.807, 2.05) is 0 Å². The number of esters is 1. The summed E-state index contributed by atoms with van der Waals surface area (Å²) >= 11 is 0. The Labute approximate surface area is 159 Å². The summed E-state index contributed by atoms with van der Waals surface area (Å²) in [6.07, 6.45) is 4.41. The van der Waals surface area contributed by atoms with Crippen molar-refractivity contribution in [3.63, 3.8) is 0 Å². The number of halogens is 1. The Hall–Kier alpha value is -1.86. The second-order valence-electron chi connectivity index (χ2n) is 7.47. The molecule has 2 saturated carbocycles.